The first kappa shape index (κ1) is 10.9. The molecule has 0 fully saturated rings. The lowest BCUT2D eigenvalue weighted by Gasteiger charge is -2.06. The van der Waals surface area contributed by atoms with Crippen molar-refractivity contribution in [3.63, 3.8) is 0 Å². The third-order valence-corrected chi connectivity index (χ3v) is 3.30. The normalized spacial score (nSPS) is 10.6. The van der Waals surface area contributed by atoms with E-state index in [0.29, 0.717) is 0 Å². The summed E-state index contributed by atoms with van der Waals surface area (Å²) in [5.74, 6) is 0. The van der Waals surface area contributed by atoms with Gasteiger partial charge in [0.15, 0.2) is 0 Å². The van der Waals surface area contributed by atoms with Crippen LogP contribution in [0, 0.1) is 0 Å². The van der Waals surface area contributed by atoms with Gasteiger partial charge in [0, 0.05) is 0 Å². The molecule has 2 heteroatoms. The summed E-state index contributed by atoms with van der Waals surface area (Å²) in [5, 5.41) is 0. The fraction of sp³-hybridized carbons (Fsp3) is 0.0769. The Kier molecular flexibility index (Phi) is 3.60. The molecule has 0 spiro atoms. The molecule has 0 aliphatic carbocycles. The molecule has 0 N–H and O–H groups in total. The zero-order valence-corrected chi connectivity index (χ0v) is 11.2. The zero-order chi connectivity index (χ0) is 10.7. The summed E-state index contributed by atoms with van der Waals surface area (Å²) in [6.45, 7) is 0. The second kappa shape index (κ2) is 4.95. The Morgan fingerprint density at radius 1 is 0.733 bits per heavy atom. The molecular weight excluding hydrogens is 316 g/mol. The molecule has 2 rings (SSSR count). The van der Waals surface area contributed by atoms with E-state index in [1.54, 1.807) is 0 Å². The number of benzene rings is 2. The van der Waals surface area contributed by atoms with Crippen molar-refractivity contribution in [2.45, 2.75) is 3.74 Å². The molecule has 15 heavy (non-hydrogen) atoms. The van der Waals surface area contributed by atoms with Crippen molar-refractivity contribution in [3.8, 4) is 11.1 Å². The summed E-state index contributed by atoms with van der Waals surface area (Å²) in [6, 6.07) is 18.9. The monoisotopic (exact) mass is 324 g/mol. The lowest BCUT2D eigenvalue weighted by molar-refractivity contribution is 1.42. The number of alkyl halides is 2. The van der Waals surface area contributed by atoms with Crippen molar-refractivity contribution in [1.29, 1.82) is 0 Å². The zero-order valence-electron chi connectivity index (χ0n) is 8.03. The predicted molar refractivity (Wildman–Crippen MR) is 72.5 cm³/mol. The molecule has 0 aliphatic rings. The van der Waals surface area contributed by atoms with Crippen molar-refractivity contribution < 1.29 is 0 Å². The summed E-state index contributed by atoms with van der Waals surface area (Å²) < 4.78 is 0.216. The van der Waals surface area contributed by atoms with Gasteiger partial charge < -0.3 is 0 Å². The summed E-state index contributed by atoms with van der Waals surface area (Å²) in [7, 11) is 0. The number of rotatable bonds is 2. The second-order valence-corrected chi connectivity index (χ2v) is 6.35. The predicted octanol–water partition coefficient (Wildman–Crippen LogP) is 5.14. The highest BCUT2D eigenvalue weighted by Gasteiger charge is 2.03. The van der Waals surface area contributed by atoms with Crippen LogP contribution in [0.1, 0.15) is 9.30 Å². The van der Waals surface area contributed by atoms with Gasteiger partial charge in [0.1, 0.15) is 0 Å². The second-order valence-electron chi connectivity index (χ2n) is 3.29. The minimum absolute atomic E-state index is 0.216. The van der Waals surface area contributed by atoms with E-state index in [-0.39, 0.29) is 3.74 Å². The Bertz CT molecular complexity index is 435. The molecule has 0 saturated heterocycles. The van der Waals surface area contributed by atoms with Crippen LogP contribution >= 0.6 is 31.9 Å². The van der Waals surface area contributed by atoms with E-state index in [1.807, 2.05) is 6.07 Å². The Morgan fingerprint density at radius 3 is 2.07 bits per heavy atom. The molecule has 0 atom stereocenters. The molecule has 0 nitrogen and oxygen atoms in total. The van der Waals surface area contributed by atoms with E-state index < -0.39 is 0 Å². The lowest BCUT2D eigenvalue weighted by Crippen LogP contribution is -1.82. The maximum Gasteiger partial charge on any atom is 0.0946 e. The third kappa shape index (κ3) is 2.70. The topological polar surface area (TPSA) is 0 Å². The van der Waals surface area contributed by atoms with E-state index in [0.717, 1.165) is 0 Å². The van der Waals surface area contributed by atoms with Crippen LogP contribution in [-0.4, -0.2) is 0 Å². The Balaban J connectivity index is 2.42. The van der Waals surface area contributed by atoms with E-state index in [1.165, 1.54) is 16.7 Å². The Labute approximate surface area is 107 Å². The molecule has 0 radical (unpaired) electrons. The largest absolute Gasteiger partial charge is 0.0946 e. The summed E-state index contributed by atoms with van der Waals surface area (Å²) in [6.07, 6.45) is 0. The molecule has 0 bridgehead atoms. The summed E-state index contributed by atoms with van der Waals surface area (Å²) >= 11 is 7.01. The molecule has 0 unspecified atom stereocenters. The summed E-state index contributed by atoms with van der Waals surface area (Å²) in [5.41, 5.74) is 3.73. The van der Waals surface area contributed by atoms with Crippen molar-refractivity contribution in [2.24, 2.45) is 0 Å². The highest BCUT2D eigenvalue weighted by atomic mass is 79.9. The van der Waals surface area contributed by atoms with Crippen LogP contribution in [0.2, 0.25) is 0 Å². The van der Waals surface area contributed by atoms with Gasteiger partial charge in [0.25, 0.3) is 0 Å². The van der Waals surface area contributed by atoms with Crippen LogP contribution in [0.4, 0.5) is 0 Å². The van der Waals surface area contributed by atoms with Crippen molar-refractivity contribution >= 4 is 31.9 Å². The minimum Gasteiger partial charge on any atom is -0.0712 e. The maximum absolute atomic E-state index is 3.51. The number of hydrogen-bond acceptors (Lipinski definition) is 0. The first-order chi connectivity index (χ1) is 7.27. The molecular formula is C13H10Br2. The van der Waals surface area contributed by atoms with Crippen LogP contribution < -0.4 is 0 Å². The minimum atomic E-state index is 0.216. The van der Waals surface area contributed by atoms with Crippen molar-refractivity contribution in [3.05, 3.63) is 60.2 Å². The van der Waals surface area contributed by atoms with Gasteiger partial charge in [-0.3, -0.25) is 0 Å². The van der Waals surface area contributed by atoms with E-state index in [2.05, 4.69) is 80.4 Å². The van der Waals surface area contributed by atoms with Crippen LogP contribution in [0.5, 0.6) is 0 Å². The Morgan fingerprint density at radius 2 is 1.40 bits per heavy atom. The molecule has 2 aromatic rings. The van der Waals surface area contributed by atoms with Gasteiger partial charge in [-0.2, -0.15) is 0 Å². The van der Waals surface area contributed by atoms with Crippen molar-refractivity contribution in [1.82, 2.24) is 0 Å². The standard InChI is InChI=1S/C13H10Br2/c14-13(15)12-8-4-7-11(9-12)10-5-2-1-3-6-10/h1-9,13H. The van der Waals surface area contributed by atoms with E-state index in [9.17, 15) is 0 Å². The van der Waals surface area contributed by atoms with Gasteiger partial charge >= 0.3 is 0 Å². The highest BCUT2D eigenvalue weighted by Crippen LogP contribution is 2.31. The maximum atomic E-state index is 3.51. The van der Waals surface area contributed by atoms with Gasteiger partial charge in [-0.1, -0.05) is 80.4 Å². The molecule has 0 amide bonds. The van der Waals surface area contributed by atoms with Crippen LogP contribution in [0.25, 0.3) is 11.1 Å². The van der Waals surface area contributed by atoms with Crippen molar-refractivity contribution in [2.75, 3.05) is 0 Å². The number of hydrogen-bond donors (Lipinski definition) is 0. The van der Waals surface area contributed by atoms with Crippen LogP contribution in [-0.2, 0) is 0 Å². The molecule has 76 valence electrons. The fourth-order valence-corrected chi connectivity index (χ4v) is 2.05. The molecule has 0 heterocycles. The van der Waals surface area contributed by atoms with Crippen LogP contribution in [0.15, 0.2) is 54.6 Å². The molecule has 2 aromatic carbocycles. The SMILES string of the molecule is BrC(Br)c1cccc(-c2ccccc2)c1. The van der Waals surface area contributed by atoms with Gasteiger partial charge in [0.05, 0.1) is 3.74 Å². The first-order valence-electron chi connectivity index (χ1n) is 4.71. The highest BCUT2D eigenvalue weighted by molar-refractivity contribution is 9.24. The molecule has 0 aliphatic heterocycles. The summed E-state index contributed by atoms with van der Waals surface area (Å²) in [4.78, 5) is 0. The van der Waals surface area contributed by atoms with Crippen LogP contribution in [0.3, 0.4) is 0 Å². The number of halogens is 2. The van der Waals surface area contributed by atoms with E-state index in [4.69, 9.17) is 0 Å². The quantitative estimate of drug-likeness (QED) is 0.670. The average Bonchev–Trinajstić information content (AvgIpc) is 2.30. The Hall–Kier alpha value is -0.600. The fourth-order valence-electron chi connectivity index (χ4n) is 1.48. The molecule has 0 saturated carbocycles. The smallest absolute Gasteiger partial charge is 0.0712 e. The van der Waals surface area contributed by atoms with Gasteiger partial charge in [0.2, 0.25) is 0 Å². The van der Waals surface area contributed by atoms with Gasteiger partial charge in [-0.25, -0.2) is 0 Å². The van der Waals surface area contributed by atoms with Gasteiger partial charge in [-0.05, 0) is 22.8 Å². The van der Waals surface area contributed by atoms with Gasteiger partial charge in [-0.15, -0.1) is 0 Å². The average molecular weight is 326 g/mol. The van der Waals surface area contributed by atoms with E-state index >= 15 is 0 Å². The molecule has 0 aromatic heterocycles. The lowest BCUT2D eigenvalue weighted by atomic mass is 10.0. The first-order valence-corrected chi connectivity index (χ1v) is 6.54. The third-order valence-electron chi connectivity index (χ3n) is 2.25.